The van der Waals surface area contributed by atoms with Crippen LogP contribution < -0.4 is 10.5 Å². The van der Waals surface area contributed by atoms with Crippen molar-refractivity contribution >= 4 is 11.7 Å². The standard InChI is InChI=1S/C26H30N4O2/c1-17-13-20(18-5-10-24(27)28-15-18)14-23(29-17)19-11-12-30(16-19)25(31)26(2,3)21-6-8-22(32-4)9-7-21/h5-10,13-15,19H,11-12,16H2,1-4H3,(H2,27,28)/t19-/m0/s1. The summed E-state index contributed by atoms with van der Waals surface area (Å²) in [5.41, 5.74) is 10.2. The summed E-state index contributed by atoms with van der Waals surface area (Å²) in [5.74, 6) is 1.65. The first-order valence-corrected chi connectivity index (χ1v) is 10.9. The fourth-order valence-electron chi connectivity index (χ4n) is 4.36. The van der Waals surface area contributed by atoms with Gasteiger partial charge in [-0.2, -0.15) is 0 Å². The highest BCUT2D eigenvalue weighted by molar-refractivity contribution is 5.87. The number of nitrogen functional groups attached to an aromatic ring is 1. The van der Waals surface area contributed by atoms with E-state index < -0.39 is 5.41 Å². The van der Waals surface area contributed by atoms with Crippen LogP contribution in [-0.4, -0.2) is 41.0 Å². The molecule has 0 radical (unpaired) electrons. The van der Waals surface area contributed by atoms with E-state index in [1.165, 1.54) is 0 Å². The molecule has 4 rings (SSSR count). The lowest BCUT2D eigenvalue weighted by atomic mass is 9.83. The second-order valence-corrected chi connectivity index (χ2v) is 8.98. The molecule has 0 aliphatic carbocycles. The summed E-state index contributed by atoms with van der Waals surface area (Å²) in [6.07, 6.45) is 2.69. The molecule has 0 spiro atoms. The Bertz CT molecular complexity index is 1110. The smallest absolute Gasteiger partial charge is 0.232 e. The Morgan fingerprint density at radius 2 is 1.88 bits per heavy atom. The maximum absolute atomic E-state index is 13.4. The number of aryl methyl sites for hydroxylation is 1. The van der Waals surface area contributed by atoms with Gasteiger partial charge in [0.15, 0.2) is 0 Å². The van der Waals surface area contributed by atoms with E-state index in [9.17, 15) is 4.79 Å². The van der Waals surface area contributed by atoms with Gasteiger partial charge >= 0.3 is 0 Å². The molecule has 166 valence electrons. The lowest BCUT2D eigenvalue weighted by Crippen LogP contribution is -2.42. The third kappa shape index (κ3) is 4.31. The quantitative estimate of drug-likeness (QED) is 0.651. The normalized spacial score (nSPS) is 16.2. The Kier molecular flexibility index (Phi) is 5.87. The van der Waals surface area contributed by atoms with Gasteiger partial charge in [-0.3, -0.25) is 9.78 Å². The number of anilines is 1. The number of ether oxygens (including phenoxy) is 1. The third-order valence-corrected chi connectivity index (χ3v) is 6.33. The minimum atomic E-state index is -0.609. The van der Waals surface area contributed by atoms with E-state index in [0.29, 0.717) is 12.4 Å². The summed E-state index contributed by atoms with van der Waals surface area (Å²) in [6.45, 7) is 7.39. The molecule has 3 aromatic rings. The second kappa shape index (κ2) is 8.61. The van der Waals surface area contributed by atoms with Crippen LogP contribution in [0, 0.1) is 6.92 Å². The molecular formula is C26H30N4O2. The van der Waals surface area contributed by atoms with Crippen molar-refractivity contribution in [2.45, 2.75) is 38.5 Å². The number of methoxy groups -OCH3 is 1. The number of likely N-dealkylation sites (tertiary alicyclic amines) is 1. The molecule has 2 N–H and O–H groups in total. The van der Waals surface area contributed by atoms with Crippen LogP contribution in [0.4, 0.5) is 5.82 Å². The molecule has 1 amide bonds. The Hall–Kier alpha value is -3.41. The Balaban J connectivity index is 1.52. The van der Waals surface area contributed by atoms with Gasteiger partial charge < -0.3 is 15.4 Å². The molecule has 3 heterocycles. The van der Waals surface area contributed by atoms with Gasteiger partial charge in [0, 0.05) is 42.2 Å². The zero-order chi connectivity index (χ0) is 22.9. The first-order valence-electron chi connectivity index (χ1n) is 10.9. The van der Waals surface area contributed by atoms with Crippen molar-refractivity contribution in [2.75, 3.05) is 25.9 Å². The number of amides is 1. The van der Waals surface area contributed by atoms with Gasteiger partial charge in [-0.15, -0.1) is 0 Å². The summed E-state index contributed by atoms with van der Waals surface area (Å²) in [6, 6.07) is 15.7. The van der Waals surface area contributed by atoms with Crippen LogP contribution in [0.25, 0.3) is 11.1 Å². The lowest BCUT2D eigenvalue weighted by Gasteiger charge is -2.30. The van der Waals surface area contributed by atoms with Gasteiger partial charge in [-0.25, -0.2) is 4.98 Å². The molecule has 2 aromatic heterocycles. The number of nitrogens with two attached hydrogens (primary N) is 1. The van der Waals surface area contributed by atoms with Crippen molar-refractivity contribution in [3.63, 3.8) is 0 Å². The van der Waals surface area contributed by atoms with E-state index >= 15 is 0 Å². The van der Waals surface area contributed by atoms with Gasteiger partial charge in [0.05, 0.1) is 12.5 Å². The number of hydrogen-bond donors (Lipinski definition) is 1. The summed E-state index contributed by atoms with van der Waals surface area (Å²) < 4.78 is 5.25. The maximum atomic E-state index is 13.4. The maximum Gasteiger partial charge on any atom is 0.232 e. The zero-order valence-corrected chi connectivity index (χ0v) is 19.1. The molecule has 1 aliphatic rings. The van der Waals surface area contributed by atoms with Gasteiger partial charge in [-0.1, -0.05) is 12.1 Å². The van der Waals surface area contributed by atoms with Crippen LogP contribution in [0.2, 0.25) is 0 Å². The van der Waals surface area contributed by atoms with Crippen LogP contribution in [0.3, 0.4) is 0 Å². The van der Waals surface area contributed by atoms with Crippen LogP contribution >= 0.6 is 0 Å². The summed E-state index contributed by atoms with van der Waals surface area (Å²) >= 11 is 0. The number of pyridine rings is 2. The van der Waals surface area contributed by atoms with Crippen molar-refractivity contribution in [2.24, 2.45) is 0 Å². The minimum absolute atomic E-state index is 0.140. The highest BCUT2D eigenvalue weighted by Gasteiger charge is 2.37. The van der Waals surface area contributed by atoms with Crippen LogP contribution in [0.5, 0.6) is 5.75 Å². The summed E-state index contributed by atoms with van der Waals surface area (Å²) in [5, 5.41) is 0. The van der Waals surface area contributed by atoms with Crippen LogP contribution in [0.1, 0.15) is 43.1 Å². The highest BCUT2D eigenvalue weighted by Crippen LogP contribution is 2.34. The fourth-order valence-corrected chi connectivity index (χ4v) is 4.36. The molecule has 0 saturated carbocycles. The fraction of sp³-hybridized carbons (Fsp3) is 0.346. The minimum Gasteiger partial charge on any atom is -0.497 e. The number of nitrogens with zero attached hydrogens (tertiary/aromatic N) is 3. The number of carbonyl (C=O) groups is 1. The Morgan fingerprint density at radius 1 is 1.12 bits per heavy atom. The van der Waals surface area contributed by atoms with E-state index in [1.54, 1.807) is 13.3 Å². The van der Waals surface area contributed by atoms with Crippen molar-refractivity contribution in [1.82, 2.24) is 14.9 Å². The summed E-state index contributed by atoms with van der Waals surface area (Å²) in [4.78, 5) is 24.4. The topological polar surface area (TPSA) is 81.3 Å². The van der Waals surface area contributed by atoms with Crippen molar-refractivity contribution < 1.29 is 9.53 Å². The number of aromatic nitrogens is 2. The van der Waals surface area contributed by atoms with E-state index in [2.05, 4.69) is 17.1 Å². The third-order valence-electron chi connectivity index (χ3n) is 6.33. The van der Waals surface area contributed by atoms with Crippen molar-refractivity contribution in [3.8, 4) is 16.9 Å². The van der Waals surface area contributed by atoms with Crippen LogP contribution in [0.15, 0.2) is 54.7 Å². The van der Waals surface area contributed by atoms with Gasteiger partial charge in [0.25, 0.3) is 0 Å². The van der Waals surface area contributed by atoms with Gasteiger partial charge in [0.1, 0.15) is 11.6 Å². The molecular weight excluding hydrogens is 400 g/mol. The average molecular weight is 431 g/mol. The molecule has 32 heavy (non-hydrogen) atoms. The molecule has 6 nitrogen and oxygen atoms in total. The van der Waals surface area contributed by atoms with Gasteiger partial charge in [-0.05, 0) is 74.7 Å². The Morgan fingerprint density at radius 3 is 2.53 bits per heavy atom. The van der Waals surface area contributed by atoms with E-state index in [0.717, 1.165) is 46.8 Å². The molecule has 1 aromatic carbocycles. The average Bonchev–Trinajstić information content (AvgIpc) is 3.29. The van der Waals surface area contributed by atoms with Crippen molar-refractivity contribution in [3.05, 3.63) is 71.7 Å². The number of rotatable bonds is 5. The predicted octanol–water partition coefficient (Wildman–Crippen LogP) is 4.34. The predicted molar refractivity (Wildman–Crippen MR) is 127 cm³/mol. The molecule has 1 aliphatic heterocycles. The first-order chi connectivity index (χ1) is 15.3. The SMILES string of the molecule is COc1ccc(C(C)(C)C(=O)N2CC[C@H](c3cc(-c4ccc(N)nc4)cc(C)n3)C2)cc1. The van der Waals surface area contributed by atoms with E-state index in [4.69, 9.17) is 15.5 Å². The lowest BCUT2D eigenvalue weighted by molar-refractivity contribution is -0.135. The van der Waals surface area contributed by atoms with Crippen molar-refractivity contribution in [1.29, 1.82) is 0 Å². The van der Waals surface area contributed by atoms with Gasteiger partial charge in [0.2, 0.25) is 5.91 Å². The molecule has 1 saturated heterocycles. The zero-order valence-electron chi connectivity index (χ0n) is 19.1. The first kappa shape index (κ1) is 21.8. The number of carbonyl (C=O) groups excluding carboxylic acids is 1. The second-order valence-electron chi connectivity index (χ2n) is 8.98. The molecule has 1 atom stereocenters. The monoisotopic (exact) mass is 430 g/mol. The number of benzene rings is 1. The van der Waals surface area contributed by atoms with E-state index in [1.807, 2.05) is 62.1 Å². The van der Waals surface area contributed by atoms with E-state index in [-0.39, 0.29) is 11.8 Å². The molecule has 6 heteroatoms. The summed E-state index contributed by atoms with van der Waals surface area (Å²) in [7, 11) is 1.64. The molecule has 0 bridgehead atoms. The highest BCUT2D eigenvalue weighted by atomic mass is 16.5. The Labute approximate surface area is 189 Å². The molecule has 0 unspecified atom stereocenters. The largest absolute Gasteiger partial charge is 0.497 e. The number of hydrogen-bond acceptors (Lipinski definition) is 5. The van der Waals surface area contributed by atoms with Crippen LogP contribution in [-0.2, 0) is 10.2 Å². The molecule has 1 fully saturated rings.